The van der Waals surface area contributed by atoms with E-state index < -0.39 is 29.2 Å². The molecule has 0 atom stereocenters. The molecule has 0 amide bonds. The van der Waals surface area contributed by atoms with Gasteiger partial charge in [-0.05, 0) is 12.1 Å². The number of hydrogen-bond acceptors (Lipinski definition) is 6. The van der Waals surface area contributed by atoms with Crippen LogP contribution in [0.4, 0.5) is 0 Å². The van der Waals surface area contributed by atoms with E-state index in [-0.39, 0.29) is 12.1 Å². The molecule has 0 aliphatic heterocycles. The van der Waals surface area contributed by atoms with Crippen LogP contribution in [0.25, 0.3) is 0 Å². The van der Waals surface area contributed by atoms with E-state index in [0.717, 1.165) is 12.1 Å². The van der Waals surface area contributed by atoms with Crippen molar-refractivity contribution in [3.63, 3.8) is 0 Å². The van der Waals surface area contributed by atoms with Gasteiger partial charge in [0, 0.05) is 0 Å². The maximum atomic E-state index is 10.3. The zero-order valence-corrected chi connectivity index (χ0v) is 8.49. The third-order valence-corrected chi connectivity index (χ3v) is 1.49. The first-order valence-corrected chi connectivity index (χ1v) is 4.19. The zero-order chi connectivity index (χ0) is 13.6. The van der Waals surface area contributed by atoms with Crippen LogP contribution in [0.5, 0.6) is 17.2 Å². The highest BCUT2D eigenvalue weighted by Gasteiger charge is 2.11. The Bertz CT molecular complexity index is 406. The molecule has 0 bridgehead atoms. The molecule has 0 fully saturated rings. The van der Waals surface area contributed by atoms with Crippen LogP contribution in [-0.4, -0.2) is 44.0 Å². The second-order valence-corrected chi connectivity index (χ2v) is 2.77. The summed E-state index contributed by atoms with van der Waals surface area (Å²) in [4.78, 5) is 19.6. The van der Waals surface area contributed by atoms with Crippen molar-refractivity contribution in [2.24, 2.45) is 5.73 Å². The second kappa shape index (κ2) is 6.18. The molecule has 94 valence electrons. The molecule has 0 aliphatic carbocycles. The quantitative estimate of drug-likeness (QED) is 0.381. The summed E-state index contributed by atoms with van der Waals surface area (Å²) in [5, 5.41) is 42.6. The standard InChI is InChI=1S/C7H6O5.C2H5NO2/c8-4-1-3(7(11)12)2-5(9)6(4)10;3-1-2(4)5/h1-2,8-10H,(H,11,12);1,3H2,(H,4,5). The number of carboxylic acids is 2. The van der Waals surface area contributed by atoms with Crippen molar-refractivity contribution in [1.82, 2.24) is 0 Å². The molecule has 0 spiro atoms. The predicted octanol–water partition coefficient (Wildman–Crippen LogP) is -0.469. The smallest absolute Gasteiger partial charge is 0.335 e. The summed E-state index contributed by atoms with van der Waals surface area (Å²) in [6.45, 7) is -0.278. The molecule has 7 N–H and O–H groups in total. The van der Waals surface area contributed by atoms with Crippen LogP contribution in [0.3, 0.4) is 0 Å². The Morgan fingerprint density at radius 3 is 1.65 bits per heavy atom. The Hall–Kier alpha value is -2.48. The van der Waals surface area contributed by atoms with Gasteiger partial charge < -0.3 is 31.3 Å². The summed E-state index contributed by atoms with van der Waals surface area (Å²) in [7, 11) is 0. The van der Waals surface area contributed by atoms with Crippen LogP contribution in [0.15, 0.2) is 12.1 Å². The predicted molar refractivity (Wildman–Crippen MR) is 55.1 cm³/mol. The lowest BCUT2D eigenvalue weighted by Crippen LogP contribution is -2.10. The highest BCUT2D eigenvalue weighted by Crippen LogP contribution is 2.35. The van der Waals surface area contributed by atoms with E-state index in [1.807, 2.05) is 0 Å². The van der Waals surface area contributed by atoms with Crippen LogP contribution in [0.1, 0.15) is 10.4 Å². The van der Waals surface area contributed by atoms with Crippen molar-refractivity contribution in [3.05, 3.63) is 17.7 Å². The normalized spacial score (nSPS) is 9.00. The monoisotopic (exact) mass is 245 g/mol. The van der Waals surface area contributed by atoms with Gasteiger partial charge in [0.2, 0.25) is 0 Å². The van der Waals surface area contributed by atoms with E-state index in [2.05, 4.69) is 5.73 Å². The average molecular weight is 245 g/mol. The van der Waals surface area contributed by atoms with Gasteiger partial charge in [0.1, 0.15) is 0 Å². The van der Waals surface area contributed by atoms with Gasteiger partial charge in [-0.1, -0.05) is 0 Å². The first kappa shape index (κ1) is 14.5. The molecule has 1 aromatic rings. The Morgan fingerprint density at radius 2 is 1.41 bits per heavy atom. The first-order chi connectivity index (χ1) is 7.79. The lowest BCUT2D eigenvalue weighted by atomic mass is 10.2. The lowest BCUT2D eigenvalue weighted by Gasteiger charge is -2.01. The number of nitrogens with two attached hydrogens (primary N) is 1. The fraction of sp³-hybridized carbons (Fsp3) is 0.111. The maximum Gasteiger partial charge on any atom is 0.335 e. The minimum Gasteiger partial charge on any atom is -0.504 e. The molecule has 0 saturated carbocycles. The van der Waals surface area contributed by atoms with Gasteiger partial charge in [-0.15, -0.1) is 0 Å². The molecule has 8 nitrogen and oxygen atoms in total. The van der Waals surface area contributed by atoms with Gasteiger partial charge in [0.25, 0.3) is 0 Å². The van der Waals surface area contributed by atoms with Gasteiger partial charge in [-0.25, -0.2) is 4.79 Å². The molecule has 1 aromatic carbocycles. The number of phenolic OH excluding ortho intramolecular Hbond substituents is 3. The van der Waals surface area contributed by atoms with Gasteiger partial charge >= 0.3 is 11.9 Å². The van der Waals surface area contributed by atoms with Gasteiger partial charge in [-0.3, -0.25) is 4.79 Å². The molecular formula is C9H11NO7. The molecule has 0 unspecified atom stereocenters. The molecule has 1 rings (SSSR count). The Balaban J connectivity index is 0.000000437. The molecule has 8 heteroatoms. The van der Waals surface area contributed by atoms with E-state index in [1.165, 1.54) is 0 Å². The third-order valence-electron chi connectivity index (χ3n) is 1.49. The first-order valence-electron chi connectivity index (χ1n) is 4.19. The third kappa shape index (κ3) is 4.71. The van der Waals surface area contributed by atoms with Crippen LogP contribution >= 0.6 is 0 Å². The van der Waals surface area contributed by atoms with E-state index in [1.54, 1.807) is 0 Å². The minimum absolute atomic E-state index is 0.278. The highest BCUT2D eigenvalue weighted by molar-refractivity contribution is 5.89. The molecule has 0 saturated heterocycles. The molecule has 17 heavy (non-hydrogen) atoms. The number of carbonyl (C=O) groups is 2. The van der Waals surface area contributed by atoms with Crippen LogP contribution in [-0.2, 0) is 4.79 Å². The second-order valence-electron chi connectivity index (χ2n) is 2.77. The van der Waals surface area contributed by atoms with Crippen molar-refractivity contribution < 1.29 is 35.1 Å². The SMILES string of the molecule is NCC(=O)O.O=C(O)c1cc(O)c(O)c(O)c1. The Labute approximate surface area is 95.2 Å². The van der Waals surface area contributed by atoms with Crippen molar-refractivity contribution in [2.45, 2.75) is 0 Å². The summed E-state index contributed by atoms with van der Waals surface area (Å²) in [6, 6.07) is 1.69. The summed E-state index contributed by atoms with van der Waals surface area (Å²) in [5.41, 5.74) is 4.28. The number of rotatable bonds is 2. The van der Waals surface area contributed by atoms with Gasteiger partial charge in [0.15, 0.2) is 17.2 Å². The fourth-order valence-electron chi connectivity index (χ4n) is 0.728. The van der Waals surface area contributed by atoms with E-state index in [4.69, 9.17) is 25.5 Å². The molecule has 0 radical (unpaired) electrons. The summed E-state index contributed by atoms with van der Waals surface area (Å²) < 4.78 is 0. The van der Waals surface area contributed by atoms with E-state index in [9.17, 15) is 9.59 Å². The molecule has 0 heterocycles. The number of aromatic carboxylic acids is 1. The number of carboxylic acid groups (broad SMARTS) is 2. The number of aromatic hydroxyl groups is 3. The number of benzene rings is 1. The van der Waals surface area contributed by atoms with E-state index >= 15 is 0 Å². The molecule has 0 aliphatic rings. The topological polar surface area (TPSA) is 161 Å². The average Bonchev–Trinajstić information content (AvgIpc) is 2.25. The van der Waals surface area contributed by atoms with Crippen LogP contribution in [0.2, 0.25) is 0 Å². The number of aliphatic carboxylic acids is 1. The van der Waals surface area contributed by atoms with E-state index in [0.29, 0.717) is 0 Å². The fourth-order valence-corrected chi connectivity index (χ4v) is 0.728. The summed E-state index contributed by atoms with van der Waals surface area (Å²) >= 11 is 0. The van der Waals surface area contributed by atoms with Crippen molar-refractivity contribution in [1.29, 1.82) is 0 Å². The van der Waals surface area contributed by atoms with Crippen LogP contribution in [0, 0.1) is 0 Å². The Kier molecular flexibility index (Phi) is 5.28. The lowest BCUT2D eigenvalue weighted by molar-refractivity contribution is -0.135. The number of phenols is 3. The molecular weight excluding hydrogens is 234 g/mol. The van der Waals surface area contributed by atoms with Crippen molar-refractivity contribution in [2.75, 3.05) is 6.54 Å². The number of hydrogen-bond donors (Lipinski definition) is 6. The zero-order valence-electron chi connectivity index (χ0n) is 8.49. The highest BCUT2D eigenvalue weighted by atomic mass is 16.4. The largest absolute Gasteiger partial charge is 0.504 e. The maximum absolute atomic E-state index is 10.3. The summed E-state index contributed by atoms with van der Waals surface area (Å²) in [6.07, 6.45) is 0. The summed E-state index contributed by atoms with van der Waals surface area (Å²) in [5.74, 6) is -4.30. The van der Waals surface area contributed by atoms with Gasteiger partial charge in [0.05, 0.1) is 12.1 Å². The molecule has 0 aromatic heterocycles. The van der Waals surface area contributed by atoms with Gasteiger partial charge in [-0.2, -0.15) is 0 Å². The van der Waals surface area contributed by atoms with Crippen molar-refractivity contribution >= 4 is 11.9 Å². The Morgan fingerprint density at radius 1 is 1.06 bits per heavy atom. The van der Waals surface area contributed by atoms with Crippen LogP contribution < -0.4 is 5.73 Å². The minimum atomic E-state index is -1.29. The van der Waals surface area contributed by atoms with Crippen molar-refractivity contribution in [3.8, 4) is 17.2 Å².